The van der Waals surface area contributed by atoms with Crippen molar-refractivity contribution in [1.29, 1.82) is 0 Å². The second-order valence-electron chi connectivity index (χ2n) is 6.18. The fourth-order valence-electron chi connectivity index (χ4n) is 2.90. The predicted molar refractivity (Wildman–Crippen MR) is 89.7 cm³/mol. The molecule has 138 valence electrons. The fourth-order valence-corrected chi connectivity index (χ4v) is 2.90. The molecule has 1 N–H and O–H groups in total. The summed E-state index contributed by atoms with van der Waals surface area (Å²) in [6.45, 7) is 1.69. The molecule has 8 nitrogen and oxygen atoms in total. The van der Waals surface area contributed by atoms with E-state index in [0.717, 1.165) is 25.0 Å². The first-order valence-electron chi connectivity index (χ1n) is 8.59. The number of carbonyl (C=O) groups excluding carboxylic acids is 1. The molecule has 1 fully saturated rings. The Morgan fingerprint density at radius 3 is 3.08 bits per heavy atom. The van der Waals surface area contributed by atoms with Gasteiger partial charge in [-0.15, -0.1) is 0 Å². The minimum atomic E-state index is -0.167. The lowest BCUT2D eigenvalue weighted by Gasteiger charge is -2.10. The van der Waals surface area contributed by atoms with E-state index in [1.165, 1.54) is 0 Å². The average molecular weight is 360 g/mol. The summed E-state index contributed by atoms with van der Waals surface area (Å²) in [6, 6.07) is 7.32. The second-order valence-corrected chi connectivity index (χ2v) is 6.18. The highest BCUT2D eigenvalue weighted by Gasteiger charge is 2.17. The number of nitrogens with one attached hydrogen (secondary N) is 1. The van der Waals surface area contributed by atoms with E-state index in [1.807, 2.05) is 18.2 Å². The van der Waals surface area contributed by atoms with E-state index in [9.17, 15) is 4.79 Å². The van der Waals surface area contributed by atoms with E-state index < -0.39 is 0 Å². The van der Waals surface area contributed by atoms with Crippen LogP contribution in [-0.4, -0.2) is 43.7 Å². The summed E-state index contributed by atoms with van der Waals surface area (Å²) < 4.78 is 26.8. The Bertz CT molecular complexity index is 769. The van der Waals surface area contributed by atoms with Gasteiger partial charge in [0.1, 0.15) is 12.3 Å². The zero-order chi connectivity index (χ0) is 17.8. The maximum atomic E-state index is 11.8. The molecule has 0 saturated carbocycles. The Morgan fingerprint density at radius 2 is 2.19 bits per heavy atom. The molecule has 0 radical (unpaired) electrons. The number of fused-ring (bicyclic) bond motifs is 1. The van der Waals surface area contributed by atoms with Gasteiger partial charge >= 0.3 is 0 Å². The van der Waals surface area contributed by atoms with Crippen molar-refractivity contribution < 1.29 is 28.3 Å². The Morgan fingerprint density at radius 1 is 1.27 bits per heavy atom. The number of amides is 1. The second kappa shape index (κ2) is 7.76. The summed E-state index contributed by atoms with van der Waals surface area (Å²) in [6.07, 6.45) is 2.16. The summed E-state index contributed by atoms with van der Waals surface area (Å²) in [5.41, 5.74) is 1.45. The molecule has 1 amide bonds. The van der Waals surface area contributed by atoms with Crippen molar-refractivity contribution in [3.63, 3.8) is 0 Å². The first-order chi connectivity index (χ1) is 12.8. The Balaban J connectivity index is 1.24. The molecule has 3 heterocycles. The topological polar surface area (TPSA) is 92.1 Å². The highest BCUT2D eigenvalue weighted by Crippen LogP contribution is 2.36. The van der Waals surface area contributed by atoms with Crippen LogP contribution in [0.25, 0.3) is 11.3 Å². The molecule has 1 aromatic carbocycles. The van der Waals surface area contributed by atoms with Crippen LogP contribution >= 0.6 is 0 Å². The number of nitrogens with zero attached hydrogens (tertiary/aromatic N) is 1. The van der Waals surface area contributed by atoms with Gasteiger partial charge in [-0.25, -0.2) is 0 Å². The summed E-state index contributed by atoms with van der Waals surface area (Å²) in [5.74, 6) is 1.83. The van der Waals surface area contributed by atoms with Gasteiger partial charge in [0.2, 0.25) is 12.7 Å². The van der Waals surface area contributed by atoms with Crippen LogP contribution in [0.3, 0.4) is 0 Å². The van der Waals surface area contributed by atoms with Crippen molar-refractivity contribution in [3.8, 4) is 22.8 Å². The maximum absolute atomic E-state index is 11.8. The molecule has 2 aromatic rings. The van der Waals surface area contributed by atoms with Gasteiger partial charge in [0, 0.05) is 24.8 Å². The smallest absolute Gasteiger partial charge is 0.246 e. The molecule has 4 rings (SSSR count). The first kappa shape index (κ1) is 16.9. The van der Waals surface area contributed by atoms with Crippen LogP contribution in [0.2, 0.25) is 0 Å². The van der Waals surface area contributed by atoms with E-state index >= 15 is 0 Å². The third-order valence-electron chi connectivity index (χ3n) is 4.25. The first-order valence-corrected chi connectivity index (χ1v) is 8.59. The lowest BCUT2D eigenvalue weighted by Crippen LogP contribution is -2.34. The van der Waals surface area contributed by atoms with Gasteiger partial charge < -0.3 is 28.8 Å². The van der Waals surface area contributed by atoms with Gasteiger partial charge in [-0.3, -0.25) is 4.79 Å². The number of benzene rings is 1. The largest absolute Gasteiger partial charge is 0.454 e. The van der Waals surface area contributed by atoms with E-state index in [1.54, 1.807) is 6.07 Å². The van der Waals surface area contributed by atoms with Gasteiger partial charge in [-0.1, -0.05) is 5.16 Å². The number of ether oxygens (including phenoxy) is 4. The fraction of sp³-hybridized carbons (Fsp3) is 0.444. The summed E-state index contributed by atoms with van der Waals surface area (Å²) >= 11 is 0. The summed E-state index contributed by atoms with van der Waals surface area (Å²) in [4.78, 5) is 11.8. The Hall–Kier alpha value is -2.58. The standard InChI is InChI=1S/C18H20N2O6/c21-18(19-8-14-2-1-5-23-14)10-22-9-13-7-16(26-20-13)12-3-4-15-17(6-12)25-11-24-15/h3-4,6-7,14H,1-2,5,8-11H2,(H,19,21)/t14-/m1/s1. The van der Waals surface area contributed by atoms with Gasteiger partial charge in [0.15, 0.2) is 17.3 Å². The molecule has 1 atom stereocenters. The molecule has 0 unspecified atom stereocenters. The van der Waals surface area contributed by atoms with Crippen LogP contribution in [0.4, 0.5) is 0 Å². The van der Waals surface area contributed by atoms with Gasteiger partial charge in [-0.05, 0) is 31.0 Å². The molecule has 2 aliphatic heterocycles. The Kier molecular flexibility index (Phi) is 5.03. The van der Waals surface area contributed by atoms with Crippen molar-refractivity contribution in [3.05, 3.63) is 30.0 Å². The number of hydrogen-bond acceptors (Lipinski definition) is 7. The van der Waals surface area contributed by atoms with Crippen molar-refractivity contribution in [2.24, 2.45) is 0 Å². The number of aromatic nitrogens is 1. The van der Waals surface area contributed by atoms with Crippen LogP contribution in [-0.2, 0) is 20.9 Å². The summed E-state index contributed by atoms with van der Waals surface area (Å²) in [7, 11) is 0. The molecular weight excluding hydrogens is 340 g/mol. The number of rotatable bonds is 7. The highest BCUT2D eigenvalue weighted by atomic mass is 16.7. The molecule has 1 saturated heterocycles. The molecule has 0 bridgehead atoms. The molecule has 2 aliphatic rings. The number of carbonyl (C=O) groups is 1. The predicted octanol–water partition coefficient (Wildman–Crippen LogP) is 1.88. The lowest BCUT2D eigenvalue weighted by atomic mass is 10.1. The van der Waals surface area contributed by atoms with Gasteiger partial charge in [-0.2, -0.15) is 0 Å². The van der Waals surface area contributed by atoms with Gasteiger partial charge in [0.25, 0.3) is 0 Å². The Labute approximate surface area is 150 Å². The third-order valence-corrected chi connectivity index (χ3v) is 4.25. The van der Waals surface area contributed by atoms with E-state index in [0.29, 0.717) is 29.5 Å². The van der Waals surface area contributed by atoms with Crippen LogP contribution < -0.4 is 14.8 Å². The zero-order valence-electron chi connectivity index (χ0n) is 14.2. The summed E-state index contributed by atoms with van der Waals surface area (Å²) in [5, 5.41) is 6.78. The van der Waals surface area contributed by atoms with Crippen LogP contribution in [0.5, 0.6) is 11.5 Å². The van der Waals surface area contributed by atoms with Gasteiger partial charge in [0.05, 0.1) is 12.7 Å². The minimum Gasteiger partial charge on any atom is -0.454 e. The van der Waals surface area contributed by atoms with E-state index in [4.69, 9.17) is 23.5 Å². The van der Waals surface area contributed by atoms with Crippen molar-refractivity contribution in [2.75, 3.05) is 26.6 Å². The number of hydrogen-bond donors (Lipinski definition) is 1. The molecule has 1 aromatic heterocycles. The van der Waals surface area contributed by atoms with E-state index in [2.05, 4.69) is 10.5 Å². The van der Waals surface area contributed by atoms with Crippen molar-refractivity contribution in [2.45, 2.75) is 25.6 Å². The average Bonchev–Trinajstić information content (AvgIpc) is 3.40. The molecule has 0 spiro atoms. The third kappa shape index (κ3) is 3.97. The zero-order valence-corrected chi connectivity index (χ0v) is 14.2. The van der Waals surface area contributed by atoms with Crippen molar-refractivity contribution >= 4 is 5.91 Å². The molecule has 26 heavy (non-hydrogen) atoms. The quantitative estimate of drug-likeness (QED) is 0.806. The highest BCUT2D eigenvalue weighted by molar-refractivity contribution is 5.77. The molecular formula is C18H20N2O6. The molecule has 8 heteroatoms. The van der Waals surface area contributed by atoms with Crippen LogP contribution in [0.1, 0.15) is 18.5 Å². The SMILES string of the molecule is O=C(COCc1cc(-c2ccc3c(c2)OCO3)on1)NC[C@H]1CCCO1. The monoisotopic (exact) mass is 360 g/mol. The normalized spacial score (nSPS) is 18.2. The van der Waals surface area contributed by atoms with Crippen LogP contribution in [0, 0.1) is 0 Å². The maximum Gasteiger partial charge on any atom is 0.246 e. The van der Waals surface area contributed by atoms with Crippen molar-refractivity contribution in [1.82, 2.24) is 10.5 Å². The minimum absolute atomic E-state index is 0.0288. The molecule has 0 aliphatic carbocycles. The van der Waals surface area contributed by atoms with Crippen LogP contribution in [0.15, 0.2) is 28.8 Å². The van der Waals surface area contributed by atoms with E-state index in [-0.39, 0.29) is 32.0 Å². The lowest BCUT2D eigenvalue weighted by molar-refractivity contribution is -0.126.